The molecule has 0 radical (unpaired) electrons. The Morgan fingerprint density at radius 3 is 2.37 bits per heavy atom. The van der Waals surface area contributed by atoms with Gasteiger partial charge in [-0.3, -0.25) is 18.6 Å². The fourth-order valence-electron chi connectivity index (χ4n) is 2.82. The minimum Gasteiger partial charge on any atom is -0.367 e. The van der Waals surface area contributed by atoms with E-state index in [4.69, 9.17) is 11.6 Å². The van der Waals surface area contributed by atoms with E-state index in [1.54, 1.807) is 0 Å². The summed E-state index contributed by atoms with van der Waals surface area (Å²) in [6.45, 7) is -2.17. The third-order valence-electron chi connectivity index (χ3n) is 4.04. The number of hydrogen-bond donors (Lipinski definition) is 0. The zero-order valence-corrected chi connectivity index (χ0v) is 15.8. The summed E-state index contributed by atoms with van der Waals surface area (Å²) in [5.41, 5.74) is -0.214. The lowest BCUT2D eigenvalue weighted by Gasteiger charge is -2.20. The molecule has 10 heteroatoms. The molecule has 0 amide bonds. The topological polar surface area (TPSA) is 77.5 Å². The lowest BCUT2D eigenvalue weighted by molar-refractivity contribution is -0.176. The van der Waals surface area contributed by atoms with Crippen molar-refractivity contribution in [2.24, 2.45) is 5.92 Å². The fourth-order valence-corrected chi connectivity index (χ4v) is 3.96. The molecule has 1 aromatic rings. The zero-order chi connectivity index (χ0) is 20.4. The minimum absolute atomic E-state index is 0.0386. The van der Waals surface area contributed by atoms with Gasteiger partial charge in [0.15, 0.2) is 17.3 Å². The Morgan fingerprint density at radius 2 is 1.85 bits per heavy atom. The number of rotatable bonds is 6. The van der Waals surface area contributed by atoms with Crippen molar-refractivity contribution in [3.05, 3.63) is 28.3 Å². The van der Waals surface area contributed by atoms with Crippen LogP contribution in [0.15, 0.2) is 17.0 Å². The lowest BCUT2D eigenvalue weighted by Crippen LogP contribution is -2.35. The van der Waals surface area contributed by atoms with Crippen LogP contribution in [0.2, 0.25) is 5.02 Å². The number of hydrogen-bond acceptors (Lipinski definition) is 5. The van der Waals surface area contributed by atoms with Gasteiger partial charge in [-0.05, 0) is 18.6 Å². The van der Waals surface area contributed by atoms with Gasteiger partial charge in [-0.25, -0.2) is 0 Å². The van der Waals surface area contributed by atoms with Crippen molar-refractivity contribution in [3.63, 3.8) is 0 Å². The van der Waals surface area contributed by atoms with Gasteiger partial charge in [-0.15, -0.1) is 0 Å². The number of benzene rings is 1. The molecule has 1 aromatic carbocycles. The molecule has 0 aromatic heterocycles. The maximum Gasteiger partial charge on any atom is 0.411 e. The van der Waals surface area contributed by atoms with Crippen molar-refractivity contribution < 1.29 is 36.5 Å². The third-order valence-corrected chi connectivity index (χ3v) is 5.47. The maximum atomic E-state index is 12.7. The average Bonchev–Trinajstić information content (AvgIpc) is 2.54. The fraction of sp³-hybridized carbons (Fsp3) is 0.471. The molecular formula is C17H16ClF3O5S. The summed E-state index contributed by atoms with van der Waals surface area (Å²) in [6, 6.07) is 2.50. The monoisotopic (exact) mass is 424 g/mol. The highest BCUT2D eigenvalue weighted by molar-refractivity contribution is 7.84. The first-order valence-electron chi connectivity index (χ1n) is 7.92. The molecule has 1 fully saturated rings. The third kappa shape index (κ3) is 5.24. The molecule has 1 aliphatic rings. The predicted octanol–water partition coefficient (Wildman–Crippen LogP) is 3.28. The van der Waals surface area contributed by atoms with Crippen molar-refractivity contribution in [1.82, 2.24) is 0 Å². The molecule has 0 aliphatic heterocycles. The van der Waals surface area contributed by atoms with Crippen LogP contribution < -0.4 is 0 Å². The summed E-state index contributed by atoms with van der Waals surface area (Å²) in [6.07, 6.45) is -2.70. The van der Waals surface area contributed by atoms with E-state index in [1.807, 2.05) is 0 Å². The molecule has 2 rings (SSSR count). The van der Waals surface area contributed by atoms with E-state index < -0.39 is 53.5 Å². The molecular weight excluding hydrogens is 409 g/mol. The van der Waals surface area contributed by atoms with Crippen molar-refractivity contribution in [2.45, 2.75) is 36.9 Å². The van der Waals surface area contributed by atoms with Gasteiger partial charge in [-0.2, -0.15) is 13.2 Å². The summed E-state index contributed by atoms with van der Waals surface area (Å²) < 4.78 is 53.4. The van der Waals surface area contributed by atoms with Gasteiger partial charge < -0.3 is 4.74 Å². The molecule has 0 saturated heterocycles. The van der Waals surface area contributed by atoms with Gasteiger partial charge in [-0.1, -0.05) is 11.6 Å². The molecule has 1 atom stereocenters. The van der Waals surface area contributed by atoms with Crippen molar-refractivity contribution in [2.75, 3.05) is 12.9 Å². The molecule has 148 valence electrons. The number of ether oxygens (including phenoxy) is 1. The van der Waals surface area contributed by atoms with Crippen LogP contribution in [0.4, 0.5) is 13.2 Å². The molecule has 5 nitrogen and oxygen atoms in total. The lowest BCUT2D eigenvalue weighted by atomic mass is 9.81. The van der Waals surface area contributed by atoms with Crippen LogP contribution in [-0.4, -0.2) is 40.6 Å². The molecule has 0 N–H and O–H groups in total. The summed E-state index contributed by atoms with van der Waals surface area (Å²) in [7, 11) is -1.61. The van der Waals surface area contributed by atoms with Gasteiger partial charge in [0.1, 0.15) is 12.5 Å². The summed E-state index contributed by atoms with van der Waals surface area (Å²) in [4.78, 5) is 36.8. The number of halogens is 4. The molecule has 0 bridgehead atoms. The van der Waals surface area contributed by atoms with Crippen LogP contribution in [0.25, 0.3) is 0 Å². The normalized spacial score (nSPS) is 17.2. The predicted molar refractivity (Wildman–Crippen MR) is 91.2 cm³/mol. The Hall–Kier alpha value is -1.58. The van der Waals surface area contributed by atoms with Crippen molar-refractivity contribution in [3.8, 4) is 0 Å². The number of alkyl halides is 3. The van der Waals surface area contributed by atoms with Gasteiger partial charge >= 0.3 is 6.18 Å². The average molecular weight is 425 g/mol. The molecule has 1 saturated carbocycles. The van der Waals surface area contributed by atoms with E-state index in [9.17, 15) is 31.8 Å². The van der Waals surface area contributed by atoms with E-state index >= 15 is 0 Å². The Morgan fingerprint density at radius 1 is 1.26 bits per heavy atom. The number of Topliss-reactive ketones (excluding diaryl/α,β-unsaturated/α-hetero) is 3. The quantitative estimate of drug-likeness (QED) is 0.517. The highest BCUT2D eigenvalue weighted by atomic mass is 35.5. The summed E-state index contributed by atoms with van der Waals surface area (Å²) in [5, 5.41) is -0.263. The summed E-state index contributed by atoms with van der Waals surface area (Å²) in [5.74, 6) is -3.28. The first-order chi connectivity index (χ1) is 12.5. The number of carbonyl (C=O) groups excluding carboxylic acids is 3. The maximum absolute atomic E-state index is 12.7. The standard InChI is InChI=1S/C17H16ClF3O5S/c1-27(25)13-6-5-9(15(18)10(13)7-26-8-17(19,20)21)16(24)14-11(22)3-2-4-12(14)23/h5-6,14H,2-4,7-8H2,1H3. The van der Waals surface area contributed by atoms with Gasteiger partial charge in [0.05, 0.1) is 22.4 Å². The zero-order valence-electron chi connectivity index (χ0n) is 14.2. The van der Waals surface area contributed by atoms with Crippen LogP contribution in [0.5, 0.6) is 0 Å². The SMILES string of the molecule is CS(=O)c1ccc(C(=O)C2C(=O)CCCC2=O)c(Cl)c1COCC(F)(F)F. The molecule has 0 spiro atoms. The molecule has 27 heavy (non-hydrogen) atoms. The van der Waals surface area contributed by atoms with E-state index in [1.165, 1.54) is 18.4 Å². The Balaban J connectivity index is 2.39. The first kappa shape index (κ1) is 21.7. The molecule has 1 unspecified atom stereocenters. The number of carbonyl (C=O) groups is 3. The second-order valence-electron chi connectivity index (χ2n) is 6.05. The Labute approximate surface area is 160 Å². The van der Waals surface area contributed by atoms with Crippen molar-refractivity contribution >= 4 is 39.8 Å². The molecule has 0 heterocycles. The van der Waals surface area contributed by atoms with E-state index in [-0.39, 0.29) is 33.9 Å². The van der Waals surface area contributed by atoms with Crippen molar-refractivity contribution in [1.29, 1.82) is 0 Å². The highest BCUT2D eigenvalue weighted by Gasteiger charge is 2.38. The summed E-state index contributed by atoms with van der Waals surface area (Å²) >= 11 is 6.18. The Kier molecular flexibility index (Phi) is 6.93. The van der Waals surface area contributed by atoms with Crippen LogP contribution in [0.1, 0.15) is 35.2 Å². The van der Waals surface area contributed by atoms with Gasteiger partial charge in [0.25, 0.3) is 0 Å². The Bertz CT molecular complexity index is 790. The second kappa shape index (κ2) is 8.62. The van der Waals surface area contributed by atoms with E-state index in [0.29, 0.717) is 6.42 Å². The molecule has 1 aliphatic carbocycles. The first-order valence-corrected chi connectivity index (χ1v) is 9.85. The largest absolute Gasteiger partial charge is 0.411 e. The van der Waals surface area contributed by atoms with Crippen LogP contribution in [-0.2, 0) is 31.7 Å². The number of ketones is 3. The van der Waals surface area contributed by atoms with Crippen LogP contribution in [0, 0.1) is 5.92 Å². The van der Waals surface area contributed by atoms with Crippen LogP contribution in [0.3, 0.4) is 0 Å². The van der Waals surface area contributed by atoms with Gasteiger partial charge in [0, 0.05) is 35.1 Å². The minimum atomic E-state index is -4.56. The van der Waals surface area contributed by atoms with E-state index in [0.717, 1.165) is 0 Å². The highest BCUT2D eigenvalue weighted by Crippen LogP contribution is 2.31. The van der Waals surface area contributed by atoms with E-state index in [2.05, 4.69) is 4.74 Å². The van der Waals surface area contributed by atoms with Gasteiger partial charge in [0.2, 0.25) is 0 Å². The second-order valence-corrected chi connectivity index (χ2v) is 7.78. The van der Waals surface area contributed by atoms with Crippen LogP contribution >= 0.6 is 11.6 Å². The smallest absolute Gasteiger partial charge is 0.367 e.